The molecule has 0 bridgehead atoms. The summed E-state index contributed by atoms with van der Waals surface area (Å²) in [5.74, 6) is 0.951. The Kier molecular flexibility index (Phi) is 5.75. The first-order valence-electron chi connectivity index (χ1n) is 8.91. The summed E-state index contributed by atoms with van der Waals surface area (Å²) in [4.78, 5) is 15.2. The van der Waals surface area contributed by atoms with Crippen LogP contribution in [0.25, 0.3) is 11.3 Å². The van der Waals surface area contributed by atoms with E-state index >= 15 is 0 Å². The van der Waals surface area contributed by atoms with Crippen LogP contribution in [0.4, 0.5) is 0 Å². The Balaban J connectivity index is 1.62. The molecule has 1 saturated heterocycles. The molecule has 2 aromatic heterocycles. The maximum Gasteiger partial charge on any atom is 0.264 e. The van der Waals surface area contributed by atoms with Gasteiger partial charge < -0.3 is 9.32 Å². The molecule has 1 aliphatic rings. The van der Waals surface area contributed by atoms with Gasteiger partial charge in [0.05, 0.1) is 28.0 Å². The monoisotopic (exact) mass is 469 g/mol. The Hall–Kier alpha value is -1.80. The van der Waals surface area contributed by atoms with Crippen LogP contribution < -0.4 is 0 Å². The first-order chi connectivity index (χ1) is 13.8. The molecular formula is C20H17Cl2NO4S2. The average Bonchev–Trinajstić information content (AvgIpc) is 3.42. The fourth-order valence-electron chi connectivity index (χ4n) is 3.39. The molecule has 5 nitrogen and oxygen atoms in total. The van der Waals surface area contributed by atoms with E-state index in [1.165, 1.54) is 11.3 Å². The highest BCUT2D eigenvalue weighted by Gasteiger charge is 2.35. The van der Waals surface area contributed by atoms with E-state index in [0.717, 1.165) is 0 Å². The van der Waals surface area contributed by atoms with Gasteiger partial charge in [0.15, 0.2) is 9.84 Å². The zero-order valence-corrected chi connectivity index (χ0v) is 18.3. The third kappa shape index (κ3) is 4.53. The van der Waals surface area contributed by atoms with Gasteiger partial charge in [-0.05, 0) is 48.2 Å². The molecule has 0 saturated carbocycles. The van der Waals surface area contributed by atoms with Gasteiger partial charge >= 0.3 is 0 Å². The molecule has 3 aromatic rings. The highest BCUT2D eigenvalue weighted by atomic mass is 35.5. The highest BCUT2D eigenvalue weighted by Crippen LogP contribution is 2.33. The molecule has 0 aliphatic carbocycles. The first-order valence-corrected chi connectivity index (χ1v) is 12.4. The number of nitrogens with zero attached hydrogens (tertiary/aromatic N) is 1. The first kappa shape index (κ1) is 20.5. The van der Waals surface area contributed by atoms with Crippen molar-refractivity contribution >= 4 is 50.3 Å². The number of sulfone groups is 1. The molecule has 9 heteroatoms. The van der Waals surface area contributed by atoms with Gasteiger partial charge in [-0.25, -0.2) is 8.42 Å². The number of carbonyl (C=O) groups is 1. The number of hydrogen-bond acceptors (Lipinski definition) is 5. The Morgan fingerprint density at radius 3 is 2.72 bits per heavy atom. The highest BCUT2D eigenvalue weighted by molar-refractivity contribution is 7.91. The summed E-state index contributed by atoms with van der Waals surface area (Å²) in [7, 11) is -3.14. The van der Waals surface area contributed by atoms with E-state index < -0.39 is 9.84 Å². The third-order valence-electron chi connectivity index (χ3n) is 4.82. The molecule has 1 aromatic carbocycles. The molecule has 0 spiro atoms. The van der Waals surface area contributed by atoms with Gasteiger partial charge in [0, 0.05) is 16.6 Å². The summed E-state index contributed by atoms with van der Waals surface area (Å²) in [6.45, 7) is 0.176. The number of benzene rings is 1. The van der Waals surface area contributed by atoms with E-state index in [-0.39, 0.29) is 30.0 Å². The number of carbonyl (C=O) groups excluding carboxylic acids is 1. The third-order valence-corrected chi connectivity index (χ3v) is 8.00. The lowest BCUT2D eigenvalue weighted by Gasteiger charge is -2.27. The second kappa shape index (κ2) is 8.14. The van der Waals surface area contributed by atoms with Crippen molar-refractivity contribution in [1.82, 2.24) is 4.90 Å². The van der Waals surface area contributed by atoms with E-state index in [1.54, 1.807) is 47.4 Å². The Morgan fingerprint density at radius 1 is 1.21 bits per heavy atom. The molecule has 1 fully saturated rings. The molecule has 1 aliphatic heterocycles. The van der Waals surface area contributed by atoms with Crippen molar-refractivity contribution in [3.05, 3.63) is 68.5 Å². The summed E-state index contributed by atoms with van der Waals surface area (Å²) >= 11 is 13.6. The van der Waals surface area contributed by atoms with Gasteiger partial charge in [-0.15, -0.1) is 11.3 Å². The molecule has 4 rings (SSSR count). The van der Waals surface area contributed by atoms with Crippen LogP contribution in [0.1, 0.15) is 21.9 Å². The number of furan rings is 1. The summed E-state index contributed by atoms with van der Waals surface area (Å²) in [6, 6.07) is 11.8. The standard InChI is InChI=1S/C20H17Cl2NO4S2/c21-13-3-5-17(22)16(10-13)18-6-4-15(27-18)11-23(14-7-9-29(25,26)12-14)20(24)19-2-1-8-28-19/h1-6,8,10,14H,7,9,11-12H2/t14-/m0/s1. The topological polar surface area (TPSA) is 67.6 Å². The van der Waals surface area contributed by atoms with Crippen molar-refractivity contribution in [2.45, 2.75) is 19.0 Å². The van der Waals surface area contributed by atoms with Gasteiger partial charge in [0.2, 0.25) is 0 Å². The van der Waals surface area contributed by atoms with E-state index in [0.29, 0.717) is 38.4 Å². The fourth-order valence-corrected chi connectivity index (χ4v) is 6.18. The molecule has 152 valence electrons. The maximum atomic E-state index is 13.0. The molecule has 29 heavy (non-hydrogen) atoms. The zero-order valence-electron chi connectivity index (χ0n) is 15.2. The molecule has 0 N–H and O–H groups in total. The number of amides is 1. The number of hydrogen-bond donors (Lipinski definition) is 0. The second-order valence-corrected chi connectivity index (χ2v) is 10.9. The van der Waals surface area contributed by atoms with Crippen molar-refractivity contribution in [1.29, 1.82) is 0 Å². The van der Waals surface area contributed by atoms with Gasteiger partial charge in [-0.3, -0.25) is 4.79 Å². The van der Waals surface area contributed by atoms with Crippen molar-refractivity contribution in [2.75, 3.05) is 11.5 Å². The summed E-state index contributed by atoms with van der Waals surface area (Å²) in [6.07, 6.45) is 0.424. The lowest BCUT2D eigenvalue weighted by molar-refractivity contribution is 0.0671. The Bertz CT molecular complexity index is 1140. The number of halogens is 2. The summed E-state index contributed by atoms with van der Waals surface area (Å²) in [5, 5.41) is 2.86. The van der Waals surface area contributed by atoms with Crippen LogP contribution in [0.15, 0.2) is 52.3 Å². The van der Waals surface area contributed by atoms with Crippen LogP contribution in [-0.4, -0.2) is 36.8 Å². The largest absolute Gasteiger partial charge is 0.459 e. The Labute approximate surface area is 182 Å². The smallest absolute Gasteiger partial charge is 0.264 e. The van der Waals surface area contributed by atoms with E-state index in [9.17, 15) is 13.2 Å². The quantitative estimate of drug-likeness (QED) is 0.518. The van der Waals surface area contributed by atoms with Crippen LogP contribution in [0.2, 0.25) is 10.0 Å². The predicted octanol–water partition coefficient (Wildman–Crippen LogP) is 5.14. The molecule has 1 amide bonds. The van der Waals surface area contributed by atoms with E-state index in [1.807, 2.05) is 5.38 Å². The van der Waals surface area contributed by atoms with Gasteiger partial charge in [-0.1, -0.05) is 29.3 Å². The van der Waals surface area contributed by atoms with Crippen molar-refractivity contribution in [3.63, 3.8) is 0 Å². The minimum absolute atomic E-state index is 0.0300. The van der Waals surface area contributed by atoms with Crippen LogP contribution in [0, 0.1) is 0 Å². The molecular weight excluding hydrogens is 453 g/mol. The minimum Gasteiger partial charge on any atom is -0.459 e. The van der Waals surface area contributed by atoms with Gasteiger partial charge in [-0.2, -0.15) is 0 Å². The van der Waals surface area contributed by atoms with E-state index in [2.05, 4.69) is 0 Å². The molecule has 3 heterocycles. The van der Waals surface area contributed by atoms with E-state index in [4.69, 9.17) is 27.6 Å². The van der Waals surface area contributed by atoms with Crippen molar-refractivity contribution in [3.8, 4) is 11.3 Å². The lowest BCUT2D eigenvalue weighted by atomic mass is 10.2. The minimum atomic E-state index is -3.14. The van der Waals surface area contributed by atoms with Crippen LogP contribution in [-0.2, 0) is 16.4 Å². The molecule has 1 atom stereocenters. The maximum absolute atomic E-state index is 13.0. The van der Waals surface area contributed by atoms with Crippen molar-refractivity contribution in [2.24, 2.45) is 0 Å². The summed E-state index contributed by atoms with van der Waals surface area (Å²) in [5.41, 5.74) is 0.657. The second-order valence-electron chi connectivity index (χ2n) is 6.86. The van der Waals surface area contributed by atoms with Gasteiger partial charge in [0.25, 0.3) is 5.91 Å². The average molecular weight is 470 g/mol. The van der Waals surface area contributed by atoms with Crippen LogP contribution >= 0.6 is 34.5 Å². The SMILES string of the molecule is O=C(c1cccs1)N(Cc1ccc(-c2cc(Cl)ccc2Cl)o1)[C@H]1CCS(=O)(=O)C1. The predicted molar refractivity (Wildman–Crippen MR) is 115 cm³/mol. The number of thiophene rings is 1. The van der Waals surface area contributed by atoms with Crippen LogP contribution in [0.5, 0.6) is 0 Å². The van der Waals surface area contributed by atoms with Gasteiger partial charge in [0.1, 0.15) is 11.5 Å². The zero-order chi connectivity index (χ0) is 20.6. The number of rotatable bonds is 5. The lowest BCUT2D eigenvalue weighted by Crippen LogP contribution is -2.40. The fraction of sp³-hybridized carbons (Fsp3) is 0.250. The van der Waals surface area contributed by atoms with Crippen molar-refractivity contribution < 1.29 is 17.6 Å². The Morgan fingerprint density at radius 2 is 2.03 bits per heavy atom. The van der Waals surface area contributed by atoms with Crippen LogP contribution in [0.3, 0.4) is 0 Å². The normalized spacial score (nSPS) is 18.1. The molecule has 0 radical (unpaired) electrons. The molecule has 0 unspecified atom stereocenters. The summed E-state index contributed by atoms with van der Waals surface area (Å²) < 4.78 is 29.9.